The molecule has 0 aromatic carbocycles. The molecule has 1 N–H and O–H groups in total. The summed E-state index contributed by atoms with van der Waals surface area (Å²) in [5, 5.41) is 0. The van der Waals surface area contributed by atoms with Crippen molar-refractivity contribution in [1.82, 2.24) is 4.98 Å². The van der Waals surface area contributed by atoms with E-state index >= 15 is 0 Å². The van der Waals surface area contributed by atoms with Gasteiger partial charge >= 0.3 is 0 Å². The van der Waals surface area contributed by atoms with Crippen molar-refractivity contribution in [1.29, 1.82) is 0 Å². The van der Waals surface area contributed by atoms with E-state index in [4.69, 9.17) is 0 Å². The Kier molecular flexibility index (Phi) is 2.21. The number of nitrogens with one attached hydrogen (secondary N) is 1. The molecule has 0 aliphatic heterocycles. The standard InChI is InChI=1S/C7H6F3NO/c1-3-6(8)4(7(9)10)2-5(12)11-3/h2,7H,1H3,(H,11,12). The van der Waals surface area contributed by atoms with Gasteiger partial charge in [-0.2, -0.15) is 0 Å². The fourth-order valence-corrected chi connectivity index (χ4v) is 0.856. The summed E-state index contributed by atoms with van der Waals surface area (Å²) < 4.78 is 36.8. The molecule has 0 unspecified atom stereocenters. The highest BCUT2D eigenvalue weighted by atomic mass is 19.3. The molecule has 1 aromatic heterocycles. The number of hydrogen-bond acceptors (Lipinski definition) is 1. The second kappa shape index (κ2) is 3.00. The van der Waals surface area contributed by atoms with Crippen molar-refractivity contribution in [2.45, 2.75) is 13.3 Å². The lowest BCUT2D eigenvalue weighted by Gasteiger charge is -2.02. The lowest BCUT2D eigenvalue weighted by molar-refractivity contribution is 0.145. The molecule has 2 nitrogen and oxygen atoms in total. The van der Waals surface area contributed by atoms with Gasteiger partial charge in [0.05, 0.1) is 11.3 Å². The third-order valence-corrected chi connectivity index (χ3v) is 1.42. The Morgan fingerprint density at radius 3 is 2.58 bits per heavy atom. The molecule has 0 spiro atoms. The first-order valence-corrected chi connectivity index (χ1v) is 3.20. The quantitative estimate of drug-likeness (QED) is 0.696. The fourth-order valence-electron chi connectivity index (χ4n) is 0.856. The van der Waals surface area contributed by atoms with E-state index in [9.17, 15) is 18.0 Å². The van der Waals surface area contributed by atoms with Crippen LogP contribution < -0.4 is 5.56 Å². The molecule has 12 heavy (non-hydrogen) atoms. The van der Waals surface area contributed by atoms with Gasteiger partial charge in [-0.1, -0.05) is 0 Å². The Labute approximate surface area is 66.0 Å². The molecule has 0 aliphatic rings. The molecule has 66 valence electrons. The first-order valence-electron chi connectivity index (χ1n) is 3.20. The minimum Gasteiger partial charge on any atom is -0.324 e. The summed E-state index contributed by atoms with van der Waals surface area (Å²) in [6.07, 6.45) is -2.95. The van der Waals surface area contributed by atoms with Crippen molar-refractivity contribution in [2.24, 2.45) is 0 Å². The van der Waals surface area contributed by atoms with Gasteiger partial charge in [-0.15, -0.1) is 0 Å². The normalized spacial score (nSPS) is 10.8. The molecular formula is C7H6F3NO. The van der Waals surface area contributed by atoms with Crippen LogP contribution in [0.15, 0.2) is 10.9 Å². The summed E-state index contributed by atoms with van der Waals surface area (Å²) in [5.41, 5.74) is -1.74. The van der Waals surface area contributed by atoms with E-state index in [0.29, 0.717) is 6.07 Å². The van der Waals surface area contributed by atoms with E-state index in [1.54, 1.807) is 0 Å². The van der Waals surface area contributed by atoms with Crippen LogP contribution in [0.2, 0.25) is 0 Å². The molecule has 0 saturated heterocycles. The van der Waals surface area contributed by atoms with Crippen LogP contribution >= 0.6 is 0 Å². The first kappa shape index (κ1) is 8.83. The van der Waals surface area contributed by atoms with Gasteiger partial charge in [0.1, 0.15) is 0 Å². The summed E-state index contributed by atoms with van der Waals surface area (Å²) in [6.45, 7) is 1.22. The molecule has 5 heteroatoms. The van der Waals surface area contributed by atoms with E-state index in [1.165, 1.54) is 6.92 Å². The molecule has 0 radical (unpaired) electrons. The minimum absolute atomic E-state index is 0.169. The molecule has 0 amide bonds. The molecule has 0 aliphatic carbocycles. The van der Waals surface area contributed by atoms with Crippen LogP contribution in [0.1, 0.15) is 17.7 Å². The summed E-state index contributed by atoms with van der Waals surface area (Å²) >= 11 is 0. The van der Waals surface area contributed by atoms with Crippen molar-refractivity contribution in [2.75, 3.05) is 0 Å². The topological polar surface area (TPSA) is 32.9 Å². The number of halogens is 3. The van der Waals surface area contributed by atoms with Crippen LogP contribution in [0, 0.1) is 12.7 Å². The molecule has 0 saturated carbocycles. The van der Waals surface area contributed by atoms with Gasteiger partial charge in [0, 0.05) is 6.07 Å². The van der Waals surface area contributed by atoms with E-state index in [1.807, 2.05) is 0 Å². The average molecular weight is 177 g/mol. The zero-order valence-electron chi connectivity index (χ0n) is 6.20. The zero-order valence-corrected chi connectivity index (χ0v) is 6.20. The third kappa shape index (κ3) is 1.49. The zero-order chi connectivity index (χ0) is 9.30. The highest BCUT2D eigenvalue weighted by Gasteiger charge is 2.15. The smallest absolute Gasteiger partial charge is 0.266 e. The monoisotopic (exact) mass is 177 g/mol. The maximum Gasteiger partial charge on any atom is 0.266 e. The molecular weight excluding hydrogens is 171 g/mol. The number of aromatic nitrogens is 1. The Morgan fingerprint density at radius 1 is 1.50 bits per heavy atom. The predicted octanol–water partition coefficient (Wildman–Crippen LogP) is 1.76. The summed E-state index contributed by atoms with van der Waals surface area (Å²) in [4.78, 5) is 12.7. The molecule has 0 fully saturated rings. The number of H-pyrrole nitrogens is 1. The molecule has 1 heterocycles. The maximum absolute atomic E-state index is 12.8. The van der Waals surface area contributed by atoms with Crippen molar-refractivity contribution in [3.8, 4) is 0 Å². The van der Waals surface area contributed by atoms with E-state index in [0.717, 1.165) is 0 Å². The summed E-state index contributed by atoms with van der Waals surface area (Å²) in [5.74, 6) is -1.05. The van der Waals surface area contributed by atoms with Crippen molar-refractivity contribution in [3.63, 3.8) is 0 Å². The third-order valence-electron chi connectivity index (χ3n) is 1.42. The van der Waals surface area contributed by atoms with Crippen molar-refractivity contribution < 1.29 is 13.2 Å². The predicted molar refractivity (Wildman–Crippen MR) is 36.7 cm³/mol. The Morgan fingerprint density at radius 2 is 2.08 bits per heavy atom. The molecule has 1 aromatic rings. The highest BCUT2D eigenvalue weighted by Crippen LogP contribution is 2.20. The van der Waals surface area contributed by atoms with Crippen LogP contribution in [0.25, 0.3) is 0 Å². The lowest BCUT2D eigenvalue weighted by Crippen LogP contribution is -2.11. The van der Waals surface area contributed by atoms with Crippen LogP contribution in [-0.2, 0) is 0 Å². The maximum atomic E-state index is 12.8. The average Bonchev–Trinajstić information content (AvgIpc) is 1.96. The van der Waals surface area contributed by atoms with Gasteiger partial charge in [0.15, 0.2) is 5.82 Å². The number of alkyl halides is 2. The Bertz CT molecular complexity index is 345. The number of pyridine rings is 1. The second-order valence-corrected chi connectivity index (χ2v) is 2.33. The van der Waals surface area contributed by atoms with Gasteiger partial charge in [-0.25, -0.2) is 13.2 Å². The first-order chi connectivity index (χ1) is 5.52. The van der Waals surface area contributed by atoms with Crippen molar-refractivity contribution in [3.05, 3.63) is 33.5 Å². The molecule has 0 bridgehead atoms. The van der Waals surface area contributed by atoms with Crippen LogP contribution in [0.4, 0.5) is 13.2 Å². The summed E-state index contributed by atoms with van der Waals surface area (Å²) in [6, 6.07) is 0.562. The van der Waals surface area contributed by atoms with Gasteiger partial charge in [-0.05, 0) is 6.92 Å². The lowest BCUT2D eigenvalue weighted by atomic mass is 10.2. The fraction of sp³-hybridized carbons (Fsp3) is 0.286. The van der Waals surface area contributed by atoms with Crippen LogP contribution in [0.3, 0.4) is 0 Å². The number of aryl methyl sites for hydroxylation is 1. The summed E-state index contributed by atoms with van der Waals surface area (Å²) in [7, 11) is 0. The highest BCUT2D eigenvalue weighted by molar-refractivity contribution is 5.19. The Hall–Kier alpha value is -1.26. The minimum atomic E-state index is -2.95. The molecule has 0 atom stereocenters. The molecule has 1 rings (SSSR count). The Balaban J connectivity index is 3.38. The van der Waals surface area contributed by atoms with E-state index in [-0.39, 0.29) is 5.69 Å². The second-order valence-electron chi connectivity index (χ2n) is 2.33. The van der Waals surface area contributed by atoms with Gasteiger partial charge < -0.3 is 4.98 Å². The number of hydrogen-bond donors (Lipinski definition) is 1. The van der Waals surface area contributed by atoms with E-state index in [2.05, 4.69) is 4.98 Å². The van der Waals surface area contributed by atoms with Crippen molar-refractivity contribution >= 4 is 0 Å². The van der Waals surface area contributed by atoms with Gasteiger partial charge in [0.25, 0.3) is 6.43 Å². The van der Waals surface area contributed by atoms with Crippen LogP contribution in [-0.4, -0.2) is 4.98 Å². The van der Waals surface area contributed by atoms with E-state index < -0.39 is 23.4 Å². The largest absolute Gasteiger partial charge is 0.324 e. The number of rotatable bonds is 1. The van der Waals surface area contributed by atoms with Gasteiger partial charge in [0.2, 0.25) is 5.56 Å². The SMILES string of the molecule is Cc1[nH]c(=O)cc(C(F)F)c1F. The van der Waals surface area contributed by atoms with Gasteiger partial charge in [-0.3, -0.25) is 4.79 Å². The number of aromatic amines is 1. The van der Waals surface area contributed by atoms with Crippen LogP contribution in [0.5, 0.6) is 0 Å².